The van der Waals surface area contributed by atoms with Crippen molar-refractivity contribution in [3.63, 3.8) is 0 Å². The Kier molecular flexibility index (Phi) is 7.12. The van der Waals surface area contributed by atoms with Crippen LogP contribution < -0.4 is 20.1 Å². The van der Waals surface area contributed by atoms with Gasteiger partial charge in [-0.15, -0.1) is 0 Å². The highest BCUT2D eigenvalue weighted by molar-refractivity contribution is 9.10. The van der Waals surface area contributed by atoms with Crippen molar-refractivity contribution >= 4 is 21.9 Å². The Hall–Kier alpha value is -2.22. The number of aliphatic imine (C=N–C) groups is 1. The lowest BCUT2D eigenvalue weighted by Crippen LogP contribution is -2.37. The zero-order valence-corrected chi connectivity index (χ0v) is 16.6. The minimum Gasteiger partial charge on any atom is -0.493 e. The maximum Gasteiger partial charge on any atom is 0.191 e. The first-order valence-electron chi connectivity index (χ1n) is 7.98. The summed E-state index contributed by atoms with van der Waals surface area (Å²) in [5, 5.41) is 10.7. The molecule has 0 atom stereocenters. The number of ether oxygens (including phenoxy) is 2. The van der Waals surface area contributed by atoms with Gasteiger partial charge in [0.05, 0.1) is 37.5 Å². The molecule has 8 heteroatoms. The van der Waals surface area contributed by atoms with Gasteiger partial charge < -0.3 is 20.1 Å². The molecule has 2 N–H and O–H groups in total. The van der Waals surface area contributed by atoms with Crippen molar-refractivity contribution < 1.29 is 9.47 Å². The molecule has 2 aromatic rings. The molecule has 0 fully saturated rings. The average Bonchev–Trinajstić information content (AvgIpc) is 3.01. The fourth-order valence-electron chi connectivity index (χ4n) is 2.32. The minimum atomic E-state index is 0.514. The molecule has 1 aromatic heterocycles. The summed E-state index contributed by atoms with van der Waals surface area (Å²) in [7, 11) is 5.16. The van der Waals surface area contributed by atoms with E-state index >= 15 is 0 Å². The van der Waals surface area contributed by atoms with E-state index < -0.39 is 0 Å². The molecule has 0 aliphatic rings. The zero-order valence-electron chi connectivity index (χ0n) is 15.0. The first kappa shape index (κ1) is 19.1. The van der Waals surface area contributed by atoms with Crippen molar-refractivity contribution in [3.05, 3.63) is 40.1 Å². The van der Waals surface area contributed by atoms with Crippen LogP contribution in [0.25, 0.3) is 0 Å². The summed E-state index contributed by atoms with van der Waals surface area (Å²) in [6, 6.07) is 5.88. The number of aromatic nitrogens is 2. The SMILES string of the molecule is CCNC(=NCc1cc(Br)c(OC)c(OC)c1)NCc1ccnn1C. The van der Waals surface area contributed by atoms with Gasteiger partial charge in [0.15, 0.2) is 17.5 Å². The third-order valence-corrected chi connectivity index (χ3v) is 4.21. The Morgan fingerprint density at radius 1 is 1.28 bits per heavy atom. The first-order valence-corrected chi connectivity index (χ1v) is 8.77. The highest BCUT2D eigenvalue weighted by atomic mass is 79.9. The van der Waals surface area contributed by atoms with Crippen molar-refractivity contribution in [2.24, 2.45) is 12.0 Å². The molecule has 7 nitrogen and oxygen atoms in total. The van der Waals surface area contributed by atoms with Gasteiger partial charge in [0.1, 0.15) is 0 Å². The maximum absolute atomic E-state index is 5.38. The van der Waals surface area contributed by atoms with Gasteiger partial charge in [-0.25, -0.2) is 4.99 Å². The van der Waals surface area contributed by atoms with E-state index in [0.29, 0.717) is 24.6 Å². The summed E-state index contributed by atoms with van der Waals surface area (Å²) in [6.45, 7) is 3.98. The summed E-state index contributed by atoms with van der Waals surface area (Å²) >= 11 is 3.51. The highest BCUT2D eigenvalue weighted by Crippen LogP contribution is 2.36. The number of methoxy groups -OCH3 is 2. The number of hydrogen-bond donors (Lipinski definition) is 2. The van der Waals surface area contributed by atoms with Crippen molar-refractivity contribution in [2.75, 3.05) is 20.8 Å². The second kappa shape index (κ2) is 9.31. The fourth-order valence-corrected chi connectivity index (χ4v) is 2.98. The molecule has 0 saturated carbocycles. The summed E-state index contributed by atoms with van der Waals surface area (Å²) in [5.41, 5.74) is 2.10. The molecule has 2 rings (SSSR count). The molecule has 0 aliphatic carbocycles. The second-order valence-electron chi connectivity index (χ2n) is 5.31. The quantitative estimate of drug-likeness (QED) is 0.542. The van der Waals surface area contributed by atoms with Crippen LogP contribution in [0.4, 0.5) is 0 Å². The predicted octanol–water partition coefficient (Wildman–Crippen LogP) is 2.46. The van der Waals surface area contributed by atoms with Gasteiger partial charge in [-0.1, -0.05) is 0 Å². The van der Waals surface area contributed by atoms with Crippen LogP contribution >= 0.6 is 15.9 Å². The molecule has 136 valence electrons. The van der Waals surface area contributed by atoms with Crippen molar-refractivity contribution in [1.82, 2.24) is 20.4 Å². The third kappa shape index (κ3) is 5.12. The Bertz CT molecular complexity index is 730. The van der Waals surface area contributed by atoms with Crippen LogP contribution in [-0.2, 0) is 20.1 Å². The van der Waals surface area contributed by atoms with Gasteiger partial charge in [0.2, 0.25) is 0 Å². The normalized spacial score (nSPS) is 11.3. The van der Waals surface area contributed by atoms with Crippen LogP contribution in [0.2, 0.25) is 0 Å². The molecule has 1 heterocycles. The standard InChI is InChI=1S/C17H24BrN5O2/c1-5-19-17(21-11-13-6-7-22-23(13)2)20-10-12-8-14(18)16(25-4)15(9-12)24-3/h6-9H,5,10-11H2,1-4H3,(H2,19,20,21). The molecule has 0 unspecified atom stereocenters. The molecule has 0 bridgehead atoms. The lowest BCUT2D eigenvalue weighted by atomic mass is 10.2. The Labute approximate surface area is 156 Å². The number of nitrogens with zero attached hydrogens (tertiary/aromatic N) is 3. The number of aryl methyl sites for hydroxylation is 1. The number of halogens is 1. The van der Waals surface area contributed by atoms with Crippen molar-refractivity contribution in [2.45, 2.75) is 20.0 Å². The first-order chi connectivity index (χ1) is 12.1. The van der Waals surface area contributed by atoms with Crippen LogP contribution in [0, 0.1) is 0 Å². The van der Waals surface area contributed by atoms with Gasteiger partial charge in [0.25, 0.3) is 0 Å². The number of hydrogen-bond acceptors (Lipinski definition) is 4. The van der Waals surface area contributed by atoms with E-state index in [1.54, 1.807) is 20.4 Å². The number of rotatable bonds is 7. The van der Waals surface area contributed by atoms with E-state index in [1.807, 2.05) is 36.9 Å². The summed E-state index contributed by atoms with van der Waals surface area (Å²) < 4.78 is 13.4. The second-order valence-corrected chi connectivity index (χ2v) is 6.16. The molecule has 25 heavy (non-hydrogen) atoms. The van der Waals surface area contributed by atoms with Crippen LogP contribution in [-0.4, -0.2) is 36.5 Å². The monoisotopic (exact) mass is 409 g/mol. The average molecular weight is 410 g/mol. The predicted molar refractivity (Wildman–Crippen MR) is 102 cm³/mol. The van der Waals surface area contributed by atoms with Crippen LogP contribution in [0.5, 0.6) is 11.5 Å². The van der Waals surface area contributed by atoms with E-state index in [4.69, 9.17) is 9.47 Å². The van der Waals surface area contributed by atoms with Crippen LogP contribution in [0.3, 0.4) is 0 Å². The van der Waals surface area contributed by atoms with Gasteiger partial charge >= 0.3 is 0 Å². The van der Waals surface area contributed by atoms with Gasteiger partial charge in [0, 0.05) is 19.8 Å². The fraction of sp³-hybridized carbons (Fsp3) is 0.412. The molecule has 0 aliphatic heterocycles. The van der Waals surface area contributed by atoms with E-state index in [0.717, 1.165) is 28.2 Å². The summed E-state index contributed by atoms with van der Waals surface area (Å²) in [5.74, 6) is 2.10. The highest BCUT2D eigenvalue weighted by Gasteiger charge is 2.10. The van der Waals surface area contributed by atoms with Gasteiger partial charge in [-0.2, -0.15) is 5.10 Å². The molecule has 0 spiro atoms. The molecule has 0 radical (unpaired) electrons. The number of benzene rings is 1. The third-order valence-electron chi connectivity index (χ3n) is 3.62. The van der Waals surface area contributed by atoms with E-state index in [2.05, 4.69) is 36.7 Å². The van der Waals surface area contributed by atoms with E-state index in [-0.39, 0.29) is 0 Å². The molecule has 1 aromatic carbocycles. The Morgan fingerprint density at radius 2 is 2.08 bits per heavy atom. The number of nitrogens with one attached hydrogen (secondary N) is 2. The Morgan fingerprint density at radius 3 is 2.68 bits per heavy atom. The summed E-state index contributed by atoms with van der Waals surface area (Å²) in [4.78, 5) is 4.63. The topological polar surface area (TPSA) is 72.7 Å². The smallest absolute Gasteiger partial charge is 0.191 e. The van der Waals surface area contributed by atoms with Crippen LogP contribution in [0.15, 0.2) is 33.9 Å². The summed E-state index contributed by atoms with van der Waals surface area (Å²) in [6.07, 6.45) is 1.78. The van der Waals surface area contributed by atoms with E-state index in [1.165, 1.54) is 0 Å². The van der Waals surface area contributed by atoms with Gasteiger partial charge in [-0.3, -0.25) is 4.68 Å². The molecule has 0 amide bonds. The number of guanidine groups is 1. The van der Waals surface area contributed by atoms with Gasteiger partial charge in [-0.05, 0) is 46.6 Å². The zero-order chi connectivity index (χ0) is 18.2. The van der Waals surface area contributed by atoms with Crippen molar-refractivity contribution in [1.29, 1.82) is 0 Å². The molecular formula is C17H24BrN5O2. The van der Waals surface area contributed by atoms with Crippen molar-refractivity contribution in [3.8, 4) is 11.5 Å². The largest absolute Gasteiger partial charge is 0.493 e. The lowest BCUT2D eigenvalue weighted by Gasteiger charge is -2.13. The molecule has 0 saturated heterocycles. The maximum atomic E-state index is 5.38. The minimum absolute atomic E-state index is 0.514. The lowest BCUT2D eigenvalue weighted by molar-refractivity contribution is 0.352. The van der Waals surface area contributed by atoms with Crippen LogP contribution in [0.1, 0.15) is 18.2 Å². The molecular weight excluding hydrogens is 386 g/mol. The Balaban J connectivity index is 2.10. The van der Waals surface area contributed by atoms with E-state index in [9.17, 15) is 0 Å².